The zero-order chi connectivity index (χ0) is 12.5. The zero-order valence-corrected chi connectivity index (χ0v) is 10.0. The standard InChI is InChI=1S/C5H4F3NOS.2C2H6/c6-5(7,8)3-1-9-4(2-10)11-3;2*1-2/h1,10H,2H2;2*1-2H3. The molecule has 0 bridgehead atoms. The first-order valence-electron chi connectivity index (χ1n) is 4.67. The number of aromatic nitrogens is 1. The molecule has 0 aliphatic rings. The van der Waals surface area contributed by atoms with E-state index in [1.807, 2.05) is 27.7 Å². The first-order chi connectivity index (χ1) is 7.04. The van der Waals surface area contributed by atoms with Crippen LogP contribution < -0.4 is 0 Å². The van der Waals surface area contributed by atoms with Crippen LogP contribution in [0.3, 0.4) is 0 Å². The Balaban J connectivity index is 0. The summed E-state index contributed by atoms with van der Waals surface area (Å²) in [6, 6.07) is 0. The van der Waals surface area contributed by atoms with Crippen molar-refractivity contribution in [2.45, 2.75) is 40.5 Å². The normalized spacial score (nSPS) is 9.60. The van der Waals surface area contributed by atoms with Crippen LogP contribution in [0.2, 0.25) is 0 Å². The van der Waals surface area contributed by atoms with Gasteiger partial charge in [-0.05, 0) is 0 Å². The van der Waals surface area contributed by atoms with E-state index in [0.717, 1.165) is 6.20 Å². The summed E-state index contributed by atoms with van der Waals surface area (Å²) < 4.78 is 35.5. The molecule has 1 aromatic heterocycles. The second-order valence-corrected chi connectivity index (χ2v) is 2.89. The molecule has 0 saturated carbocycles. The molecule has 1 heterocycles. The molecule has 0 spiro atoms. The summed E-state index contributed by atoms with van der Waals surface area (Å²) in [4.78, 5) is 2.57. The Hall–Kier alpha value is -0.620. The van der Waals surface area contributed by atoms with E-state index in [9.17, 15) is 13.2 Å². The van der Waals surface area contributed by atoms with Crippen molar-refractivity contribution >= 4 is 11.3 Å². The average Bonchev–Trinajstić information content (AvgIpc) is 2.71. The van der Waals surface area contributed by atoms with E-state index >= 15 is 0 Å². The summed E-state index contributed by atoms with van der Waals surface area (Å²) in [6.45, 7) is 7.56. The van der Waals surface area contributed by atoms with Crippen LogP contribution in [0.1, 0.15) is 37.6 Å². The number of aliphatic hydroxyl groups excluding tert-OH is 1. The fourth-order valence-electron chi connectivity index (χ4n) is 0.514. The van der Waals surface area contributed by atoms with Crippen molar-refractivity contribution in [1.82, 2.24) is 4.98 Å². The summed E-state index contributed by atoms with van der Waals surface area (Å²) in [5.41, 5.74) is 0. The molecule has 6 heteroatoms. The maximum absolute atomic E-state index is 11.8. The van der Waals surface area contributed by atoms with Crippen LogP contribution in [0.25, 0.3) is 0 Å². The highest BCUT2D eigenvalue weighted by Crippen LogP contribution is 2.33. The van der Waals surface area contributed by atoms with Crippen molar-refractivity contribution in [2.75, 3.05) is 0 Å². The molecule has 0 fully saturated rings. The number of rotatable bonds is 1. The third-order valence-electron chi connectivity index (χ3n) is 0.968. The van der Waals surface area contributed by atoms with Gasteiger partial charge in [0.25, 0.3) is 0 Å². The molecule has 0 atom stereocenters. The Bertz CT molecular complexity index is 248. The van der Waals surface area contributed by atoms with Gasteiger partial charge in [0.05, 0.1) is 12.8 Å². The van der Waals surface area contributed by atoms with E-state index in [4.69, 9.17) is 5.11 Å². The fraction of sp³-hybridized carbons (Fsp3) is 0.667. The molecule has 90 valence electrons. The topological polar surface area (TPSA) is 33.1 Å². The molecule has 0 saturated heterocycles. The van der Waals surface area contributed by atoms with Gasteiger partial charge in [0.2, 0.25) is 0 Å². The molecule has 0 radical (unpaired) electrons. The smallest absolute Gasteiger partial charge is 0.389 e. The van der Waals surface area contributed by atoms with Gasteiger partial charge in [-0.15, -0.1) is 11.3 Å². The van der Waals surface area contributed by atoms with Gasteiger partial charge in [-0.3, -0.25) is 0 Å². The molecule has 15 heavy (non-hydrogen) atoms. The number of nitrogens with zero attached hydrogens (tertiary/aromatic N) is 1. The number of aliphatic hydroxyl groups is 1. The van der Waals surface area contributed by atoms with Crippen LogP contribution in [0.5, 0.6) is 0 Å². The molecule has 1 aromatic rings. The summed E-state index contributed by atoms with van der Waals surface area (Å²) in [6.07, 6.45) is -3.62. The molecular formula is C9H16F3NOS. The second-order valence-electron chi connectivity index (χ2n) is 1.77. The van der Waals surface area contributed by atoms with E-state index in [0.29, 0.717) is 11.3 Å². The van der Waals surface area contributed by atoms with Gasteiger partial charge >= 0.3 is 6.18 Å². The van der Waals surface area contributed by atoms with Gasteiger partial charge in [0.1, 0.15) is 9.88 Å². The van der Waals surface area contributed by atoms with Crippen molar-refractivity contribution in [3.8, 4) is 0 Å². The molecule has 0 aliphatic carbocycles. The molecule has 0 unspecified atom stereocenters. The van der Waals surface area contributed by atoms with Crippen molar-refractivity contribution in [3.05, 3.63) is 16.1 Å². The van der Waals surface area contributed by atoms with E-state index < -0.39 is 17.7 Å². The molecular weight excluding hydrogens is 227 g/mol. The second kappa shape index (κ2) is 8.67. The number of halogens is 3. The third-order valence-corrected chi connectivity index (χ3v) is 2.00. The number of hydrogen-bond donors (Lipinski definition) is 1. The summed E-state index contributed by atoms with van der Waals surface area (Å²) in [5, 5.41) is 8.48. The summed E-state index contributed by atoms with van der Waals surface area (Å²) in [7, 11) is 0. The number of hydrogen-bond acceptors (Lipinski definition) is 3. The lowest BCUT2D eigenvalue weighted by Gasteiger charge is -1.98. The van der Waals surface area contributed by atoms with E-state index in [2.05, 4.69) is 4.98 Å². The first kappa shape index (κ1) is 16.8. The van der Waals surface area contributed by atoms with Crippen LogP contribution in [0.15, 0.2) is 6.20 Å². The van der Waals surface area contributed by atoms with Gasteiger partial charge < -0.3 is 5.11 Å². The average molecular weight is 243 g/mol. The third kappa shape index (κ3) is 6.46. The maximum Gasteiger partial charge on any atom is 0.427 e. The Morgan fingerprint density at radius 3 is 1.93 bits per heavy atom. The predicted molar refractivity (Wildman–Crippen MR) is 55.7 cm³/mol. The Morgan fingerprint density at radius 2 is 1.73 bits per heavy atom. The van der Waals surface area contributed by atoms with Crippen molar-refractivity contribution in [3.63, 3.8) is 0 Å². The van der Waals surface area contributed by atoms with Crippen LogP contribution in [-0.2, 0) is 12.8 Å². The quantitative estimate of drug-likeness (QED) is 0.815. The molecule has 0 aliphatic heterocycles. The highest BCUT2D eigenvalue weighted by Gasteiger charge is 2.32. The van der Waals surface area contributed by atoms with Crippen molar-refractivity contribution in [1.29, 1.82) is 0 Å². The first-order valence-corrected chi connectivity index (χ1v) is 5.48. The maximum atomic E-state index is 11.8. The van der Waals surface area contributed by atoms with Gasteiger partial charge in [-0.2, -0.15) is 13.2 Å². The highest BCUT2D eigenvalue weighted by atomic mass is 32.1. The lowest BCUT2D eigenvalue weighted by atomic mass is 10.5. The lowest BCUT2D eigenvalue weighted by molar-refractivity contribution is -0.134. The Morgan fingerprint density at radius 1 is 1.27 bits per heavy atom. The van der Waals surface area contributed by atoms with E-state index in [1.165, 1.54) is 0 Å². The van der Waals surface area contributed by atoms with Gasteiger partial charge in [-0.25, -0.2) is 4.98 Å². The molecule has 0 amide bonds. The molecule has 0 aromatic carbocycles. The molecule has 2 nitrogen and oxygen atoms in total. The van der Waals surface area contributed by atoms with E-state index in [-0.39, 0.29) is 5.01 Å². The van der Waals surface area contributed by atoms with Gasteiger partial charge in [0.15, 0.2) is 0 Å². The van der Waals surface area contributed by atoms with E-state index in [1.54, 1.807) is 0 Å². The summed E-state index contributed by atoms with van der Waals surface area (Å²) >= 11 is 0.454. The van der Waals surface area contributed by atoms with Crippen LogP contribution >= 0.6 is 11.3 Å². The Kier molecular flexibility index (Phi) is 9.71. The monoisotopic (exact) mass is 243 g/mol. The van der Waals surface area contributed by atoms with Gasteiger partial charge in [-0.1, -0.05) is 27.7 Å². The minimum Gasteiger partial charge on any atom is -0.389 e. The minimum atomic E-state index is -4.34. The zero-order valence-electron chi connectivity index (χ0n) is 9.22. The largest absolute Gasteiger partial charge is 0.427 e. The predicted octanol–water partition coefficient (Wildman–Crippen LogP) is 3.71. The highest BCUT2D eigenvalue weighted by molar-refractivity contribution is 7.11. The van der Waals surface area contributed by atoms with Gasteiger partial charge in [0, 0.05) is 0 Å². The van der Waals surface area contributed by atoms with Crippen LogP contribution in [0, 0.1) is 0 Å². The molecule has 1 N–H and O–H groups in total. The van der Waals surface area contributed by atoms with Crippen LogP contribution in [0.4, 0.5) is 13.2 Å². The molecule has 1 rings (SSSR count). The van der Waals surface area contributed by atoms with Crippen LogP contribution in [-0.4, -0.2) is 10.1 Å². The lowest BCUT2D eigenvalue weighted by Crippen LogP contribution is -2.00. The SMILES string of the molecule is CC.CC.OCc1ncc(C(F)(F)F)s1. The summed E-state index contributed by atoms with van der Waals surface area (Å²) in [5.74, 6) is 0. The number of alkyl halides is 3. The van der Waals surface area contributed by atoms with Crippen molar-refractivity contribution in [2.24, 2.45) is 0 Å². The van der Waals surface area contributed by atoms with Crippen molar-refractivity contribution < 1.29 is 18.3 Å². The number of thiazole rings is 1. The fourth-order valence-corrected chi connectivity index (χ4v) is 1.16. The Labute approximate surface area is 91.8 Å². The minimum absolute atomic E-state index is 0.0809.